The molecule has 0 radical (unpaired) electrons. The molecule has 2 aromatic carbocycles. The van der Waals surface area contributed by atoms with Gasteiger partial charge >= 0.3 is 0 Å². The first-order valence-corrected chi connectivity index (χ1v) is 9.03. The van der Waals surface area contributed by atoms with E-state index in [-0.39, 0.29) is 12.5 Å². The van der Waals surface area contributed by atoms with Crippen molar-refractivity contribution in [3.05, 3.63) is 77.2 Å². The molecule has 1 heterocycles. The molecule has 144 valence electrons. The van der Waals surface area contributed by atoms with Gasteiger partial charge in [0.1, 0.15) is 12.3 Å². The number of ether oxygens (including phenoxy) is 1. The fraction of sp³-hybridized carbons (Fsp3) is 0.190. The lowest BCUT2D eigenvalue weighted by molar-refractivity contribution is 0.0742. The van der Waals surface area contributed by atoms with Crippen molar-refractivity contribution in [3.63, 3.8) is 0 Å². The zero-order valence-corrected chi connectivity index (χ0v) is 16.4. The van der Waals surface area contributed by atoms with E-state index in [1.165, 1.54) is 12.0 Å². The number of carbonyl (C=O) groups is 1. The summed E-state index contributed by atoms with van der Waals surface area (Å²) in [4.78, 5) is 19.0. The van der Waals surface area contributed by atoms with Gasteiger partial charge in [0.25, 0.3) is 5.91 Å². The van der Waals surface area contributed by atoms with Gasteiger partial charge in [-0.05, 0) is 31.2 Å². The Labute approximate surface area is 168 Å². The van der Waals surface area contributed by atoms with Crippen LogP contribution in [-0.4, -0.2) is 34.6 Å². The summed E-state index contributed by atoms with van der Waals surface area (Å²) in [5.74, 6) is 0.974. The third-order valence-corrected chi connectivity index (χ3v) is 4.33. The van der Waals surface area contributed by atoms with Crippen molar-refractivity contribution < 1.29 is 14.1 Å². The number of carbonyl (C=O) groups excluding carboxylic acids is 1. The number of hydrogen-bond donors (Lipinski definition) is 0. The van der Waals surface area contributed by atoms with E-state index < -0.39 is 0 Å². The number of aryl methyl sites for hydroxylation is 1. The maximum atomic E-state index is 13.0. The first-order valence-electron chi connectivity index (χ1n) is 8.65. The quantitative estimate of drug-likeness (QED) is 0.547. The molecule has 0 aliphatic carbocycles. The van der Waals surface area contributed by atoms with Crippen LogP contribution in [0, 0.1) is 6.92 Å². The minimum absolute atomic E-state index is 0.138. The second kappa shape index (κ2) is 8.71. The van der Waals surface area contributed by atoms with Gasteiger partial charge in [-0.25, -0.2) is 0 Å². The Morgan fingerprint density at radius 2 is 2.14 bits per heavy atom. The smallest absolute Gasteiger partial charge is 0.258 e. The van der Waals surface area contributed by atoms with Crippen LogP contribution in [0.2, 0.25) is 5.02 Å². The molecule has 7 heteroatoms. The largest absolute Gasteiger partial charge is 0.496 e. The number of hydrogen-bond acceptors (Lipinski definition) is 5. The van der Waals surface area contributed by atoms with Crippen LogP contribution in [0.15, 0.2) is 59.6 Å². The number of nitrogens with zero attached hydrogens (tertiary/aromatic N) is 3. The normalized spacial score (nSPS) is 10.5. The van der Waals surface area contributed by atoms with Gasteiger partial charge in [0.15, 0.2) is 0 Å². The summed E-state index contributed by atoms with van der Waals surface area (Å²) in [6.07, 6.45) is 1.63. The van der Waals surface area contributed by atoms with Crippen molar-refractivity contribution in [2.75, 3.05) is 13.7 Å². The summed E-state index contributed by atoms with van der Waals surface area (Å²) in [5, 5.41) is 4.47. The van der Waals surface area contributed by atoms with Crippen molar-refractivity contribution in [2.45, 2.75) is 13.5 Å². The third kappa shape index (κ3) is 4.40. The highest BCUT2D eigenvalue weighted by Crippen LogP contribution is 2.25. The van der Waals surface area contributed by atoms with Crippen LogP contribution >= 0.6 is 11.6 Å². The Morgan fingerprint density at radius 1 is 1.32 bits per heavy atom. The van der Waals surface area contributed by atoms with Crippen LogP contribution in [0.1, 0.15) is 21.8 Å². The second-order valence-corrected chi connectivity index (χ2v) is 6.64. The van der Waals surface area contributed by atoms with Gasteiger partial charge in [0.2, 0.25) is 11.7 Å². The number of aromatic nitrogens is 2. The van der Waals surface area contributed by atoms with Gasteiger partial charge in [-0.3, -0.25) is 4.79 Å². The minimum Gasteiger partial charge on any atom is -0.496 e. The topological polar surface area (TPSA) is 68.5 Å². The Morgan fingerprint density at radius 3 is 2.86 bits per heavy atom. The van der Waals surface area contributed by atoms with Crippen LogP contribution < -0.4 is 4.74 Å². The molecule has 0 fully saturated rings. The van der Waals surface area contributed by atoms with Crippen molar-refractivity contribution >= 4 is 17.5 Å². The van der Waals surface area contributed by atoms with Crippen LogP contribution in [0.5, 0.6) is 5.75 Å². The van der Waals surface area contributed by atoms with E-state index in [0.29, 0.717) is 34.6 Å². The lowest BCUT2D eigenvalue weighted by Crippen LogP contribution is -2.31. The van der Waals surface area contributed by atoms with E-state index in [4.69, 9.17) is 20.9 Å². The van der Waals surface area contributed by atoms with Crippen LogP contribution in [0.3, 0.4) is 0 Å². The molecule has 1 aromatic heterocycles. The third-order valence-electron chi connectivity index (χ3n) is 4.10. The standard InChI is InChI=1S/C21H20ClN3O3/c1-4-10-25(21(26)17-12-16(22)8-9-18(17)27-3)13-19-23-20(24-28-19)15-7-5-6-14(2)11-15/h4-9,11-12H,1,10,13H2,2-3H3. The lowest BCUT2D eigenvalue weighted by Gasteiger charge is -2.20. The van der Waals surface area contributed by atoms with Crippen LogP contribution in [0.4, 0.5) is 0 Å². The van der Waals surface area contributed by atoms with E-state index in [9.17, 15) is 4.79 Å². The Balaban J connectivity index is 1.85. The molecule has 6 nitrogen and oxygen atoms in total. The molecule has 1 amide bonds. The average molecular weight is 398 g/mol. The summed E-state index contributed by atoms with van der Waals surface area (Å²) in [6, 6.07) is 12.7. The van der Waals surface area contributed by atoms with E-state index in [1.54, 1.807) is 24.3 Å². The van der Waals surface area contributed by atoms with Crippen LogP contribution in [-0.2, 0) is 6.54 Å². The molecule has 28 heavy (non-hydrogen) atoms. The molecule has 0 bridgehead atoms. The van der Waals surface area contributed by atoms with Gasteiger partial charge < -0.3 is 14.2 Å². The Bertz CT molecular complexity index is 1000. The highest BCUT2D eigenvalue weighted by molar-refractivity contribution is 6.31. The summed E-state index contributed by atoms with van der Waals surface area (Å²) in [7, 11) is 1.50. The van der Waals surface area contributed by atoms with Gasteiger partial charge in [0, 0.05) is 17.1 Å². The molecule has 3 rings (SSSR count). The van der Waals surface area contributed by atoms with E-state index in [2.05, 4.69) is 16.7 Å². The maximum absolute atomic E-state index is 13.0. The first-order chi connectivity index (χ1) is 13.5. The summed E-state index contributed by atoms with van der Waals surface area (Å²) in [6.45, 7) is 6.16. The van der Waals surface area contributed by atoms with Crippen molar-refractivity contribution in [2.24, 2.45) is 0 Å². The number of amides is 1. The molecule has 0 unspecified atom stereocenters. The molecule has 0 N–H and O–H groups in total. The Kier molecular flexibility index (Phi) is 6.11. The fourth-order valence-corrected chi connectivity index (χ4v) is 2.95. The monoisotopic (exact) mass is 397 g/mol. The fourth-order valence-electron chi connectivity index (χ4n) is 2.78. The number of rotatable bonds is 7. The molecule has 0 saturated heterocycles. The van der Waals surface area contributed by atoms with Gasteiger partial charge in [-0.1, -0.05) is 46.6 Å². The van der Waals surface area contributed by atoms with E-state index >= 15 is 0 Å². The van der Waals surface area contributed by atoms with Gasteiger partial charge in [-0.2, -0.15) is 4.98 Å². The first kappa shape index (κ1) is 19.6. The number of benzene rings is 2. The molecule has 0 saturated carbocycles. The van der Waals surface area contributed by atoms with Gasteiger partial charge in [0.05, 0.1) is 12.7 Å². The number of halogens is 1. The highest BCUT2D eigenvalue weighted by atomic mass is 35.5. The maximum Gasteiger partial charge on any atom is 0.258 e. The summed E-state index contributed by atoms with van der Waals surface area (Å²) >= 11 is 6.06. The highest BCUT2D eigenvalue weighted by Gasteiger charge is 2.22. The SMILES string of the molecule is C=CCN(Cc1nc(-c2cccc(C)c2)no1)C(=O)c1cc(Cl)ccc1OC. The lowest BCUT2D eigenvalue weighted by atomic mass is 10.1. The van der Waals surface area contributed by atoms with Crippen molar-refractivity contribution in [3.8, 4) is 17.1 Å². The van der Waals surface area contributed by atoms with E-state index in [1.807, 2.05) is 31.2 Å². The van der Waals surface area contributed by atoms with Crippen molar-refractivity contribution in [1.82, 2.24) is 15.0 Å². The summed E-state index contributed by atoms with van der Waals surface area (Å²) < 4.78 is 10.6. The predicted molar refractivity (Wildman–Crippen MR) is 107 cm³/mol. The molecule has 0 spiro atoms. The minimum atomic E-state index is -0.269. The molecule has 0 atom stereocenters. The van der Waals surface area contributed by atoms with Crippen molar-refractivity contribution in [1.29, 1.82) is 0 Å². The molecular formula is C21H20ClN3O3. The second-order valence-electron chi connectivity index (χ2n) is 6.20. The molecular weight excluding hydrogens is 378 g/mol. The number of methoxy groups -OCH3 is 1. The van der Waals surface area contributed by atoms with E-state index in [0.717, 1.165) is 11.1 Å². The summed E-state index contributed by atoms with van der Waals surface area (Å²) in [5.41, 5.74) is 2.31. The van der Waals surface area contributed by atoms with Gasteiger partial charge in [-0.15, -0.1) is 6.58 Å². The molecule has 0 aliphatic rings. The molecule has 3 aromatic rings. The predicted octanol–water partition coefficient (Wildman–Crippen LogP) is 4.54. The average Bonchev–Trinajstić information content (AvgIpc) is 3.16. The van der Waals surface area contributed by atoms with Crippen LogP contribution in [0.25, 0.3) is 11.4 Å². The zero-order valence-electron chi connectivity index (χ0n) is 15.7. The Hall–Kier alpha value is -3.12. The molecule has 0 aliphatic heterocycles. The zero-order chi connectivity index (χ0) is 20.1.